The molecule has 0 unspecified atom stereocenters. The van der Waals surface area contributed by atoms with Gasteiger partial charge >= 0.3 is 21.0 Å². The van der Waals surface area contributed by atoms with Crippen LogP contribution in [0.4, 0.5) is 0 Å². The number of carbonyl (C=O) groups is 1. The van der Waals surface area contributed by atoms with Crippen LogP contribution in [0.1, 0.15) is 6.92 Å². The van der Waals surface area contributed by atoms with E-state index in [2.05, 4.69) is 0 Å². The van der Waals surface area contributed by atoms with Crippen LogP contribution < -0.4 is 0 Å². The van der Waals surface area contributed by atoms with Crippen molar-refractivity contribution in [3.05, 3.63) is 0 Å². The van der Waals surface area contributed by atoms with Gasteiger partial charge in [-0.1, -0.05) is 0 Å². The van der Waals surface area contributed by atoms with Gasteiger partial charge in [0.15, 0.2) is 0 Å². The van der Waals surface area contributed by atoms with Crippen LogP contribution in [0, 0.1) is 0 Å². The van der Waals surface area contributed by atoms with Gasteiger partial charge in [-0.25, -0.2) is 0 Å². The summed E-state index contributed by atoms with van der Waals surface area (Å²) in [5, 5.41) is 0. The van der Waals surface area contributed by atoms with E-state index in [1.165, 1.54) is 6.92 Å². The minimum atomic E-state index is 0.750. The molecule has 0 aromatic heterocycles. The fraction of sp³-hybridized carbons (Fsp3) is 0.500. The molecule has 2 nitrogen and oxygen atoms in total. The van der Waals surface area contributed by atoms with Crippen molar-refractivity contribution in [1.82, 2.24) is 0 Å². The first-order valence-electron chi connectivity index (χ1n) is 0.996. The quantitative estimate of drug-likeness (QED) is 0.415. The van der Waals surface area contributed by atoms with Crippen LogP contribution in [0.5, 0.6) is 0 Å². The maximum atomic E-state index is 8.81. The van der Waals surface area contributed by atoms with Crippen molar-refractivity contribution in [2.75, 3.05) is 0 Å². The predicted molar refractivity (Wildman–Crippen MR) is 12.4 cm³/mol. The zero-order chi connectivity index (χ0) is 4.71. The Labute approximate surface area is 39.8 Å². The molecule has 0 rings (SSSR count). The van der Waals surface area contributed by atoms with Gasteiger partial charge in [-0.05, 0) is 6.92 Å². The van der Waals surface area contributed by atoms with Gasteiger partial charge in [-0.15, -0.1) is 0 Å². The molecule has 3 heteroatoms. The van der Waals surface area contributed by atoms with Gasteiger partial charge < -0.3 is 4.79 Å². The van der Waals surface area contributed by atoms with Gasteiger partial charge in [0.25, 0.3) is 0 Å². The van der Waals surface area contributed by atoms with Gasteiger partial charge in [-0.3, -0.25) is 0 Å². The van der Waals surface area contributed by atoms with Crippen LogP contribution >= 0.6 is 0 Å². The van der Waals surface area contributed by atoms with Crippen LogP contribution in [0.25, 0.3) is 0 Å². The van der Waals surface area contributed by atoms with Crippen molar-refractivity contribution in [3.8, 4) is 0 Å². The number of hydrogen-bond acceptors (Lipinski definition) is 2. The van der Waals surface area contributed by atoms with Crippen LogP contribution in [0.2, 0.25) is 0 Å². The second-order valence-electron chi connectivity index (χ2n) is 0.236. The summed E-state index contributed by atoms with van der Waals surface area (Å²) in [6, 6.07) is 0. The molecule has 0 aliphatic carbocycles. The molecule has 0 aliphatic rings. The minimum absolute atomic E-state index is 0.750. The molecule has 0 bridgehead atoms. The first kappa shape index (κ1) is 8.91. The van der Waals surface area contributed by atoms with Crippen LogP contribution in [-0.2, 0) is 25.8 Å². The van der Waals surface area contributed by atoms with Crippen molar-refractivity contribution >= 4 is 6.29 Å². The summed E-state index contributed by atoms with van der Waals surface area (Å²) in [5.74, 6) is 0. The first-order valence-corrected chi connectivity index (χ1v) is 1.57. The van der Waals surface area contributed by atoms with Crippen molar-refractivity contribution in [2.24, 2.45) is 0 Å². The topological polar surface area (TPSA) is 34.1 Å². The molecule has 0 heterocycles. The molecule has 0 fully saturated rings. The molecule has 0 spiro atoms. The summed E-state index contributed by atoms with van der Waals surface area (Å²) >= 11 is 1.06. The van der Waals surface area contributed by atoms with Gasteiger partial charge in [0.05, 0.1) is 0 Å². The Morgan fingerprint density at radius 3 is 1.60 bits per heavy atom. The Balaban J connectivity index is 0. The van der Waals surface area contributed by atoms with E-state index in [1.807, 2.05) is 0 Å². The van der Waals surface area contributed by atoms with Crippen LogP contribution in [0.15, 0.2) is 0 Å². The van der Waals surface area contributed by atoms with E-state index in [9.17, 15) is 0 Å². The molecule has 0 aromatic carbocycles. The molecule has 0 saturated carbocycles. The normalized spacial score (nSPS) is 3.20. The fourth-order valence-corrected chi connectivity index (χ4v) is 0. The summed E-state index contributed by atoms with van der Waals surface area (Å²) in [6.45, 7) is 1.44. The molecule has 0 radical (unpaired) electrons. The number of rotatable bonds is 0. The van der Waals surface area contributed by atoms with E-state index < -0.39 is 0 Å². The van der Waals surface area contributed by atoms with Gasteiger partial charge in [0.2, 0.25) is 0 Å². The Kier molecular flexibility index (Phi) is 60.6. The summed E-state index contributed by atoms with van der Waals surface area (Å²) in [4.78, 5) is 8.81. The molecule has 0 N–H and O–H groups in total. The summed E-state index contributed by atoms with van der Waals surface area (Å²) in [7, 11) is 0. The monoisotopic (exact) mass is 111 g/mol. The number of aldehydes is 1. The van der Waals surface area contributed by atoms with Crippen molar-refractivity contribution in [2.45, 2.75) is 6.92 Å². The van der Waals surface area contributed by atoms with Gasteiger partial charge in [0, 0.05) is 0 Å². The van der Waals surface area contributed by atoms with E-state index in [0.29, 0.717) is 0 Å². The summed E-state index contributed by atoms with van der Waals surface area (Å²) in [5.41, 5.74) is 0. The second kappa shape index (κ2) is 34.0. The third-order valence-corrected chi connectivity index (χ3v) is 0. The van der Waals surface area contributed by atoms with E-state index in [4.69, 9.17) is 8.47 Å². The standard InChI is InChI=1S/C2H4O.O.V/c1-2-3;;/h2H,1H3;;. The van der Waals surface area contributed by atoms with Crippen molar-refractivity contribution in [1.29, 1.82) is 0 Å². The first-order chi connectivity index (χ1) is 2.41. The fourth-order valence-electron chi connectivity index (χ4n) is 0. The maximum absolute atomic E-state index is 8.81. The SMILES string of the molecule is CC=O.[O]=[V]. The third kappa shape index (κ3) is 5780. The molecule has 0 amide bonds. The van der Waals surface area contributed by atoms with Gasteiger partial charge in [0.1, 0.15) is 6.29 Å². The summed E-state index contributed by atoms with van der Waals surface area (Å²) < 4.78 is 8.19. The molecular weight excluding hydrogens is 107 g/mol. The van der Waals surface area contributed by atoms with Crippen molar-refractivity contribution < 1.29 is 25.8 Å². The molecule has 0 saturated heterocycles. The molecular formula is C2H4O2V. The Morgan fingerprint density at radius 1 is 1.60 bits per heavy atom. The Morgan fingerprint density at radius 2 is 1.60 bits per heavy atom. The third-order valence-electron chi connectivity index (χ3n) is 0. The zero-order valence-corrected chi connectivity index (χ0v) is 4.24. The number of carbonyl (C=O) groups excluding carboxylic acids is 1. The van der Waals surface area contributed by atoms with E-state index in [-0.39, 0.29) is 0 Å². The average molecular weight is 111 g/mol. The predicted octanol–water partition coefficient (Wildman–Crippen LogP) is 0.0839. The van der Waals surface area contributed by atoms with Crippen LogP contribution in [0.3, 0.4) is 0 Å². The zero-order valence-electron chi connectivity index (χ0n) is 2.84. The number of hydrogen-bond donors (Lipinski definition) is 0. The van der Waals surface area contributed by atoms with E-state index in [0.717, 1.165) is 23.7 Å². The Hall–Kier alpha value is 0.0544. The molecule has 0 aromatic rings. The second-order valence-corrected chi connectivity index (χ2v) is 0.236. The van der Waals surface area contributed by atoms with Crippen LogP contribution in [-0.4, -0.2) is 6.29 Å². The van der Waals surface area contributed by atoms with E-state index >= 15 is 0 Å². The van der Waals surface area contributed by atoms with Gasteiger partial charge in [-0.2, -0.15) is 0 Å². The molecule has 5 heavy (non-hydrogen) atoms. The molecule has 29 valence electrons. The molecule has 0 atom stereocenters. The summed E-state index contributed by atoms with van der Waals surface area (Å²) in [6.07, 6.45) is 0.750. The van der Waals surface area contributed by atoms with E-state index in [1.54, 1.807) is 0 Å². The average Bonchev–Trinajstić information content (AvgIpc) is 1.46. The molecule has 0 aliphatic heterocycles. The van der Waals surface area contributed by atoms with Crippen molar-refractivity contribution in [3.63, 3.8) is 0 Å². The Bertz CT molecular complexity index is 21.6.